The molecule has 1 heteroatoms. The monoisotopic (exact) mass is 571 g/mol. The lowest BCUT2D eigenvalue weighted by Gasteiger charge is -2.31. The Morgan fingerprint density at radius 3 is 1.71 bits per heavy atom. The standard InChI is InChI=1S/C44H29N/c1-28-21-23-29(24-22-28)30-25-26-32-31-11-2-6-15-36(31)44(39(32)27-30)37-16-7-3-14-35(37)43-38(44)17-10-20-42(43)45-40-18-8-4-12-33(40)34-13-5-9-19-41(34)45/h2-27H,1H3. The third-order valence-corrected chi connectivity index (χ3v) is 10.3. The van der Waals surface area contributed by atoms with Gasteiger partial charge >= 0.3 is 0 Å². The number of benzene rings is 7. The van der Waals surface area contributed by atoms with Gasteiger partial charge in [0.05, 0.1) is 22.1 Å². The van der Waals surface area contributed by atoms with E-state index in [-0.39, 0.29) is 0 Å². The summed E-state index contributed by atoms with van der Waals surface area (Å²) < 4.78 is 2.49. The maximum Gasteiger partial charge on any atom is 0.0726 e. The Balaban J connectivity index is 1.34. The van der Waals surface area contributed by atoms with Gasteiger partial charge in [-0.1, -0.05) is 139 Å². The maximum absolute atomic E-state index is 2.49. The van der Waals surface area contributed by atoms with Gasteiger partial charge in [-0.25, -0.2) is 0 Å². The van der Waals surface area contributed by atoms with Gasteiger partial charge in [0.15, 0.2) is 0 Å². The summed E-state index contributed by atoms with van der Waals surface area (Å²) >= 11 is 0. The molecular weight excluding hydrogens is 542 g/mol. The average molecular weight is 572 g/mol. The predicted octanol–water partition coefficient (Wildman–Crippen LogP) is 11.1. The smallest absolute Gasteiger partial charge is 0.0726 e. The summed E-state index contributed by atoms with van der Waals surface area (Å²) in [6.45, 7) is 2.15. The molecule has 10 rings (SSSR count). The third-order valence-electron chi connectivity index (χ3n) is 10.3. The lowest BCUT2D eigenvalue weighted by Crippen LogP contribution is -2.26. The molecule has 2 aliphatic rings. The van der Waals surface area contributed by atoms with Crippen molar-refractivity contribution >= 4 is 21.8 Å². The highest BCUT2D eigenvalue weighted by Crippen LogP contribution is 2.64. The van der Waals surface area contributed by atoms with Gasteiger partial charge in [0.2, 0.25) is 0 Å². The van der Waals surface area contributed by atoms with Crippen LogP contribution in [0.1, 0.15) is 27.8 Å². The van der Waals surface area contributed by atoms with E-state index in [1.807, 2.05) is 0 Å². The van der Waals surface area contributed by atoms with E-state index in [1.165, 1.54) is 88.7 Å². The summed E-state index contributed by atoms with van der Waals surface area (Å²) in [4.78, 5) is 0. The van der Waals surface area contributed by atoms with Crippen LogP contribution in [-0.2, 0) is 5.41 Å². The van der Waals surface area contributed by atoms with E-state index in [0.29, 0.717) is 0 Å². The van der Waals surface area contributed by atoms with Crippen molar-refractivity contribution in [3.63, 3.8) is 0 Å². The Labute approximate surface area is 262 Å². The zero-order valence-corrected chi connectivity index (χ0v) is 25.0. The van der Waals surface area contributed by atoms with Crippen molar-refractivity contribution in [2.75, 3.05) is 0 Å². The molecule has 1 spiro atoms. The Morgan fingerprint density at radius 2 is 0.978 bits per heavy atom. The number of aromatic nitrogens is 1. The SMILES string of the molecule is Cc1ccc(-c2ccc3c(c2)C2(c4ccccc4-3)c3ccccc3-c3c(-n4c5ccccc5c5ccccc54)cccc32)cc1. The van der Waals surface area contributed by atoms with E-state index >= 15 is 0 Å². The second-order valence-electron chi connectivity index (χ2n) is 12.5. The fraction of sp³-hybridized carbons (Fsp3) is 0.0455. The highest BCUT2D eigenvalue weighted by atomic mass is 15.0. The Bertz CT molecular complexity index is 2440. The molecule has 1 heterocycles. The van der Waals surface area contributed by atoms with Gasteiger partial charge in [-0.2, -0.15) is 0 Å². The van der Waals surface area contributed by atoms with Crippen LogP contribution in [0.4, 0.5) is 0 Å². The molecule has 1 atom stereocenters. The number of nitrogens with zero attached hydrogens (tertiary/aromatic N) is 1. The number of aryl methyl sites for hydroxylation is 1. The van der Waals surface area contributed by atoms with Crippen molar-refractivity contribution in [2.45, 2.75) is 12.3 Å². The maximum atomic E-state index is 2.49. The molecule has 1 unspecified atom stereocenters. The summed E-state index contributed by atoms with van der Waals surface area (Å²) in [7, 11) is 0. The zero-order chi connectivity index (χ0) is 29.7. The van der Waals surface area contributed by atoms with Crippen LogP contribution in [0, 0.1) is 6.92 Å². The molecule has 45 heavy (non-hydrogen) atoms. The first-order chi connectivity index (χ1) is 22.2. The second-order valence-corrected chi connectivity index (χ2v) is 12.5. The van der Waals surface area contributed by atoms with Gasteiger partial charge in [0.1, 0.15) is 0 Å². The molecule has 0 bridgehead atoms. The molecule has 1 aromatic heterocycles. The lowest BCUT2D eigenvalue weighted by atomic mass is 9.70. The first-order valence-corrected chi connectivity index (χ1v) is 15.8. The fourth-order valence-electron chi connectivity index (χ4n) is 8.46. The third kappa shape index (κ3) is 3.12. The molecule has 0 saturated heterocycles. The lowest BCUT2D eigenvalue weighted by molar-refractivity contribution is 0.793. The molecule has 0 N–H and O–H groups in total. The van der Waals surface area contributed by atoms with E-state index in [1.54, 1.807) is 0 Å². The van der Waals surface area contributed by atoms with Crippen molar-refractivity contribution in [3.05, 3.63) is 186 Å². The predicted molar refractivity (Wildman–Crippen MR) is 187 cm³/mol. The molecule has 0 amide bonds. The van der Waals surface area contributed by atoms with Crippen molar-refractivity contribution in [3.8, 4) is 39.1 Å². The summed E-state index contributed by atoms with van der Waals surface area (Å²) in [5.41, 5.74) is 17.8. The fourth-order valence-corrected chi connectivity index (χ4v) is 8.46. The van der Waals surface area contributed by atoms with E-state index in [4.69, 9.17) is 0 Å². The van der Waals surface area contributed by atoms with Crippen LogP contribution in [0.5, 0.6) is 0 Å². The van der Waals surface area contributed by atoms with Gasteiger partial charge in [-0.05, 0) is 81.3 Å². The summed E-state index contributed by atoms with van der Waals surface area (Å²) in [5, 5.41) is 2.57. The van der Waals surface area contributed by atoms with Crippen LogP contribution in [0.3, 0.4) is 0 Å². The number of para-hydroxylation sites is 2. The van der Waals surface area contributed by atoms with Crippen LogP contribution in [0.25, 0.3) is 60.9 Å². The van der Waals surface area contributed by atoms with Crippen LogP contribution in [0.15, 0.2) is 158 Å². The van der Waals surface area contributed by atoms with Gasteiger partial charge in [0.25, 0.3) is 0 Å². The van der Waals surface area contributed by atoms with Crippen LogP contribution in [0.2, 0.25) is 0 Å². The molecule has 0 fully saturated rings. The quantitative estimate of drug-likeness (QED) is 0.194. The highest BCUT2D eigenvalue weighted by Gasteiger charge is 2.52. The zero-order valence-electron chi connectivity index (χ0n) is 25.0. The highest BCUT2D eigenvalue weighted by molar-refractivity contribution is 6.10. The second kappa shape index (κ2) is 8.94. The van der Waals surface area contributed by atoms with Crippen LogP contribution in [-0.4, -0.2) is 4.57 Å². The largest absolute Gasteiger partial charge is 0.309 e. The minimum absolute atomic E-state index is 0.409. The Morgan fingerprint density at radius 1 is 0.422 bits per heavy atom. The van der Waals surface area contributed by atoms with Crippen LogP contribution < -0.4 is 0 Å². The van der Waals surface area contributed by atoms with Crippen molar-refractivity contribution in [2.24, 2.45) is 0 Å². The van der Waals surface area contributed by atoms with Crippen molar-refractivity contribution in [1.82, 2.24) is 4.57 Å². The molecule has 7 aromatic carbocycles. The number of hydrogen-bond donors (Lipinski definition) is 0. The van der Waals surface area contributed by atoms with Crippen molar-refractivity contribution in [1.29, 1.82) is 0 Å². The molecule has 0 radical (unpaired) electrons. The number of fused-ring (bicyclic) bond motifs is 13. The van der Waals surface area contributed by atoms with Gasteiger partial charge in [-0.3, -0.25) is 0 Å². The summed E-state index contributed by atoms with van der Waals surface area (Å²) in [5.74, 6) is 0. The van der Waals surface area contributed by atoms with Crippen LogP contribution >= 0.6 is 0 Å². The van der Waals surface area contributed by atoms with E-state index in [0.717, 1.165) is 0 Å². The minimum atomic E-state index is -0.409. The molecular formula is C44H29N. The molecule has 210 valence electrons. The Hall–Kier alpha value is -5.66. The summed E-state index contributed by atoms with van der Waals surface area (Å²) in [6, 6.07) is 58.9. The number of rotatable bonds is 2. The summed E-state index contributed by atoms with van der Waals surface area (Å²) in [6.07, 6.45) is 0. The van der Waals surface area contributed by atoms with E-state index in [2.05, 4.69) is 169 Å². The van der Waals surface area contributed by atoms with Gasteiger partial charge in [0, 0.05) is 16.3 Å². The first-order valence-electron chi connectivity index (χ1n) is 15.8. The molecule has 1 nitrogen and oxygen atoms in total. The molecule has 2 aliphatic carbocycles. The number of hydrogen-bond acceptors (Lipinski definition) is 0. The normalized spacial score (nSPS) is 15.8. The van der Waals surface area contributed by atoms with Gasteiger partial charge < -0.3 is 4.57 Å². The minimum Gasteiger partial charge on any atom is -0.309 e. The van der Waals surface area contributed by atoms with E-state index < -0.39 is 5.41 Å². The topological polar surface area (TPSA) is 4.93 Å². The first kappa shape index (κ1) is 24.7. The van der Waals surface area contributed by atoms with E-state index in [9.17, 15) is 0 Å². The van der Waals surface area contributed by atoms with Crippen molar-refractivity contribution < 1.29 is 0 Å². The molecule has 8 aromatic rings. The Kier molecular flexibility index (Phi) is 4.91. The molecule has 0 saturated carbocycles. The van der Waals surface area contributed by atoms with Gasteiger partial charge in [-0.15, -0.1) is 0 Å². The average Bonchev–Trinajstić information content (AvgIpc) is 3.70. The molecule has 0 aliphatic heterocycles.